The average molecular weight is 208 g/mol. The summed E-state index contributed by atoms with van der Waals surface area (Å²) in [6.07, 6.45) is 0.398. The Balaban J connectivity index is 2.61. The summed E-state index contributed by atoms with van der Waals surface area (Å²) in [6.45, 7) is 2.76. The fraction of sp³-hybridized carbons (Fsp3) is 0.364. The van der Waals surface area contributed by atoms with Crippen LogP contribution in [0.4, 0.5) is 10.1 Å². The number of nitriles is 1. The number of hydrogen-bond acceptors (Lipinski definition) is 3. The number of halogens is 1. The molecule has 4 heteroatoms. The van der Waals surface area contributed by atoms with Crippen molar-refractivity contribution in [1.29, 1.82) is 5.26 Å². The van der Waals surface area contributed by atoms with Crippen molar-refractivity contribution in [3.05, 3.63) is 24.0 Å². The monoisotopic (exact) mass is 208 g/mol. The third kappa shape index (κ3) is 3.47. The van der Waals surface area contributed by atoms with Crippen LogP contribution >= 0.6 is 0 Å². The van der Waals surface area contributed by atoms with E-state index < -0.39 is 0 Å². The fourth-order valence-corrected chi connectivity index (χ4v) is 1.15. The number of rotatable bonds is 5. The van der Waals surface area contributed by atoms with E-state index in [4.69, 9.17) is 10.00 Å². The molecule has 1 rings (SSSR count). The second-order valence-electron chi connectivity index (χ2n) is 2.91. The van der Waals surface area contributed by atoms with Crippen LogP contribution < -0.4 is 10.1 Å². The predicted octanol–water partition coefficient (Wildman–Crippen LogP) is 2.55. The van der Waals surface area contributed by atoms with Gasteiger partial charge in [0.1, 0.15) is 0 Å². The molecule has 0 bridgehead atoms. The van der Waals surface area contributed by atoms with E-state index in [-0.39, 0.29) is 11.6 Å². The van der Waals surface area contributed by atoms with Gasteiger partial charge in [-0.15, -0.1) is 0 Å². The molecular formula is C11H13FN2O. The average Bonchev–Trinajstić information content (AvgIpc) is 2.23. The summed E-state index contributed by atoms with van der Waals surface area (Å²) >= 11 is 0. The first-order chi connectivity index (χ1) is 7.27. The Kier molecular flexibility index (Phi) is 4.42. The van der Waals surface area contributed by atoms with E-state index in [0.29, 0.717) is 25.3 Å². The third-order valence-electron chi connectivity index (χ3n) is 1.80. The molecule has 0 unspecified atom stereocenters. The highest BCUT2D eigenvalue weighted by atomic mass is 19.1. The minimum atomic E-state index is -0.390. The molecule has 0 amide bonds. The zero-order valence-electron chi connectivity index (χ0n) is 8.59. The quantitative estimate of drug-likeness (QED) is 0.756. The molecule has 0 fully saturated rings. The molecule has 80 valence electrons. The minimum absolute atomic E-state index is 0.253. The molecule has 0 saturated carbocycles. The Morgan fingerprint density at radius 2 is 2.33 bits per heavy atom. The van der Waals surface area contributed by atoms with Crippen molar-refractivity contribution in [1.82, 2.24) is 0 Å². The molecule has 0 heterocycles. The number of ether oxygens (including phenoxy) is 1. The van der Waals surface area contributed by atoms with Gasteiger partial charge in [-0.3, -0.25) is 0 Å². The normalized spacial score (nSPS) is 9.40. The van der Waals surface area contributed by atoms with Crippen molar-refractivity contribution in [2.24, 2.45) is 0 Å². The van der Waals surface area contributed by atoms with Crippen LogP contribution in [0.3, 0.4) is 0 Å². The van der Waals surface area contributed by atoms with Gasteiger partial charge in [0.2, 0.25) is 0 Å². The zero-order chi connectivity index (χ0) is 11.1. The van der Waals surface area contributed by atoms with Crippen molar-refractivity contribution in [2.45, 2.75) is 13.3 Å². The molecular weight excluding hydrogens is 195 g/mol. The first kappa shape index (κ1) is 11.3. The van der Waals surface area contributed by atoms with Crippen molar-refractivity contribution >= 4 is 5.69 Å². The molecule has 0 atom stereocenters. The fourth-order valence-electron chi connectivity index (χ4n) is 1.15. The van der Waals surface area contributed by atoms with Crippen LogP contribution in [0.25, 0.3) is 0 Å². The highest BCUT2D eigenvalue weighted by Gasteiger charge is 2.03. The Labute approximate surface area is 88.5 Å². The molecule has 1 aromatic carbocycles. The lowest BCUT2D eigenvalue weighted by Crippen LogP contribution is -2.01. The summed E-state index contributed by atoms with van der Waals surface area (Å²) < 4.78 is 18.4. The zero-order valence-corrected chi connectivity index (χ0v) is 8.59. The van der Waals surface area contributed by atoms with Crippen molar-refractivity contribution < 1.29 is 9.13 Å². The van der Waals surface area contributed by atoms with Gasteiger partial charge in [-0.1, -0.05) is 0 Å². The van der Waals surface area contributed by atoms with Crippen LogP contribution in [0.5, 0.6) is 5.75 Å². The molecule has 3 nitrogen and oxygen atoms in total. The first-order valence-electron chi connectivity index (χ1n) is 4.81. The van der Waals surface area contributed by atoms with Crippen LogP contribution in [-0.2, 0) is 0 Å². The van der Waals surface area contributed by atoms with E-state index in [9.17, 15) is 4.39 Å². The van der Waals surface area contributed by atoms with Crippen molar-refractivity contribution in [2.75, 3.05) is 18.5 Å². The molecule has 0 aliphatic rings. The summed E-state index contributed by atoms with van der Waals surface area (Å²) in [6, 6.07) is 6.67. The SMILES string of the molecule is CCOc1ccc(NCCC#N)cc1F. The summed E-state index contributed by atoms with van der Waals surface area (Å²) in [4.78, 5) is 0. The Morgan fingerprint density at radius 3 is 2.93 bits per heavy atom. The molecule has 0 radical (unpaired) electrons. The summed E-state index contributed by atoms with van der Waals surface area (Å²) in [5, 5.41) is 11.3. The molecule has 0 aliphatic heterocycles. The smallest absolute Gasteiger partial charge is 0.167 e. The first-order valence-corrected chi connectivity index (χ1v) is 4.81. The number of anilines is 1. The largest absolute Gasteiger partial charge is 0.491 e. The standard InChI is InChI=1S/C11H13FN2O/c1-2-15-11-5-4-9(8-10(11)12)14-7-3-6-13/h4-5,8,14H,2-3,7H2,1H3. The topological polar surface area (TPSA) is 45.0 Å². The number of nitrogens with zero attached hydrogens (tertiary/aromatic N) is 1. The van der Waals surface area contributed by atoms with Gasteiger partial charge in [0.15, 0.2) is 11.6 Å². The number of benzene rings is 1. The maximum Gasteiger partial charge on any atom is 0.167 e. The van der Waals surface area contributed by atoms with Gasteiger partial charge in [-0.2, -0.15) is 5.26 Å². The van der Waals surface area contributed by atoms with E-state index in [2.05, 4.69) is 5.32 Å². The van der Waals surface area contributed by atoms with Crippen molar-refractivity contribution in [3.8, 4) is 11.8 Å². The van der Waals surface area contributed by atoms with Crippen LogP contribution in [0.1, 0.15) is 13.3 Å². The van der Waals surface area contributed by atoms with E-state index in [1.807, 2.05) is 6.07 Å². The molecule has 1 N–H and O–H groups in total. The van der Waals surface area contributed by atoms with Gasteiger partial charge in [-0.05, 0) is 19.1 Å². The highest BCUT2D eigenvalue weighted by Crippen LogP contribution is 2.20. The Hall–Kier alpha value is -1.76. The molecule has 0 aliphatic carbocycles. The van der Waals surface area contributed by atoms with E-state index in [1.54, 1.807) is 19.1 Å². The maximum absolute atomic E-state index is 13.3. The second kappa shape index (κ2) is 5.86. The van der Waals surface area contributed by atoms with Crippen molar-refractivity contribution in [3.63, 3.8) is 0 Å². The Bertz CT molecular complexity index is 360. The predicted molar refractivity (Wildman–Crippen MR) is 56.3 cm³/mol. The lowest BCUT2D eigenvalue weighted by Gasteiger charge is -2.07. The van der Waals surface area contributed by atoms with Gasteiger partial charge in [0.25, 0.3) is 0 Å². The summed E-state index contributed by atoms with van der Waals surface area (Å²) in [5.41, 5.74) is 0.659. The minimum Gasteiger partial charge on any atom is -0.491 e. The van der Waals surface area contributed by atoms with Gasteiger partial charge in [-0.25, -0.2) is 4.39 Å². The van der Waals surface area contributed by atoms with E-state index in [0.717, 1.165) is 0 Å². The van der Waals surface area contributed by atoms with E-state index >= 15 is 0 Å². The second-order valence-corrected chi connectivity index (χ2v) is 2.91. The van der Waals surface area contributed by atoms with Crippen LogP contribution in [-0.4, -0.2) is 13.2 Å². The lowest BCUT2D eigenvalue weighted by atomic mass is 10.3. The molecule has 15 heavy (non-hydrogen) atoms. The summed E-state index contributed by atoms with van der Waals surface area (Å²) in [7, 11) is 0. The van der Waals surface area contributed by atoms with Gasteiger partial charge in [0.05, 0.1) is 19.1 Å². The van der Waals surface area contributed by atoms with Gasteiger partial charge >= 0.3 is 0 Å². The number of hydrogen-bond donors (Lipinski definition) is 1. The molecule has 0 aromatic heterocycles. The molecule has 0 spiro atoms. The third-order valence-corrected chi connectivity index (χ3v) is 1.80. The van der Waals surface area contributed by atoms with Crippen LogP contribution in [0.2, 0.25) is 0 Å². The molecule has 1 aromatic rings. The molecule has 0 saturated heterocycles. The maximum atomic E-state index is 13.3. The lowest BCUT2D eigenvalue weighted by molar-refractivity contribution is 0.321. The number of nitrogens with one attached hydrogen (secondary N) is 1. The van der Waals surface area contributed by atoms with Gasteiger partial charge in [0, 0.05) is 18.3 Å². The van der Waals surface area contributed by atoms with Crippen LogP contribution in [0, 0.1) is 17.1 Å². The van der Waals surface area contributed by atoms with Gasteiger partial charge < -0.3 is 10.1 Å². The Morgan fingerprint density at radius 1 is 1.53 bits per heavy atom. The van der Waals surface area contributed by atoms with Crippen LogP contribution in [0.15, 0.2) is 18.2 Å². The summed E-state index contributed by atoms with van der Waals surface area (Å²) in [5.74, 6) is -0.137. The van der Waals surface area contributed by atoms with E-state index in [1.165, 1.54) is 6.07 Å². The highest BCUT2D eigenvalue weighted by molar-refractivity contribution is 5.47.